The molecule has 3 aromatic rings. The first-order chi connectivity index (χ1) is 17.4. The van der Waals surface area contributed by atoms with Gasteiger partial charge in [0.05, 0.1) is 4.90 Å². The zero-order valence-corrected chi connectivity index (χ0v) is 21.4. The molecular weight excluding hydrogens is 498 g/mol. The van der Waals surface area contributed by atoms with Gasteiger partial charge in [-0.1, -0.05) is 17.7 Å². The second-order valence-corrected chi connectivity index (χ2v) is 11.3. The van der Waals surface area contributed by atoms with E-state index in [1.165, 1.54) is 4.31 Å². The molecule has 8 nitrogen and oxygen atoms in total. The summed E-state index contributed by atoms with van der Waals surface area (Å²) < 4.78 is 27.9. The number of anilines is 2. The monoisotopic (exact) mass is 525 g/mol. The molecule has 0 atom stereocenters. The number of aromatic nitrogens is 1. The third-order valence-electron chi connectivity index (χ3n) is 6.75. The lowest BCUT2D eigenvalue weighted by atomic mass is 10.2. The summed E-state index contributed by atoms with van der Waals surface area (Å²) in [6.07, 6.45) is 3.53. The first-order valence-electron chi connectivity index (χ1n) is 12.0. The van der Waals surface area contributed by atoms with E-state index in [1.54, 1.807) is 36.7 Å². The van der Waals surface area contributed by atoms with E-state index < -0.39 is 10.0 Å². The van der Waals surface area contributed by atoms with Crippen molar-refractivity contribution in [3.8, 4) is 0 Å². The number of amides is 1. The minimum absolute atomic E-state index is 0.0801. The third-order valence-corrected chi connectivity index (χ3v) is 8.89. The smallest absolute Gasteiger partial charge is 0.253 e. The SMILES string of the molecule is O=C(c1ccc(S(=O)(=O)N2CCN(c3cccc(Cl)c3)CC2)cc1)N1CCN(c2ccncc2)CC1. The highest BCUT2D eigenvalue weighted by atomic mass is 35.5. The molecular formula is C26H28ClN5O3S. The number of halogens is 1. The Bertz CT molecular complexity index is 1300. The predicted molar refractivity (Wildman–Crippen MR) is 141 cm³/mol. The van der Waals surface area contributed by atoms with Crippen molar-refractivity contribution in [2.24, 2.45) is 0 Å². The van der Waals surface area contributed by atoms with Crippen LogP contribution in [0.5, 0.6) is 0 Å². The molecule has 1 amide bonds. The molecule has 0 N–H and O–H groups in total. The number of hydrogen-bond donors (Lipinski definition) is 0. The Kier molecular flexibility index (Phi) is 7.13. The van der Waals surface area contributed by atoms with Gasteiger partial charge in [-0.25, -0.2) is 8.42 Å². The molecule has 10 heteroatoms. The summed E-state index contributed by atoms with van der Waals surface area (Å²) in [5.41, 5.74) is 2.58. The quantitative estimate of drug-likeness (QED) is 0.509. The van der Waals surface area contributed by atoms with Crippen molar-refractivity contribution in [1.29, 1.82) is 0 Å². The highest BCUT2D eigenvalue weighted by Gasteiger charge is 2.29. The van der Waals surface area contributed by atoms with Gasteiger partial charge in [0.15, 0.2) is 0 Å². The van der Waals surface area contributed by atoms with E-state index in [2.05, 4.69) is 14.8 Å². The number of carbonyl (C=O) groups is 1. The van der Waals surface area contributed by atoms with Crippen LogP contribution in [-0.2, 0) is 10.0 Å². The molecule has 0 bridgehead atoms. The van der Waals surface area contributed by atoms with Gasteiger partial charge in [0.1, 0.15) is 0 Å². The van der Waals surface area contributed by atoms with Crippen molar-refractivity contribution in [2.75, 3.05) is 62.2 Å². The molecule has 2 aliphatic rings. The van der Waals surface area contributed by atoms with Crippen LogP contribution in [0.1, 0.15) is 10.4 Å². The number of hydrogen-bond acceptors (Lipinski definition) is 6. The van der Waals surface area contributed by atoms with Crippen molar-refractivity contribution >= 4 is 38.9 Å². The van der Waals surface area contributed by atoms with Crippen LogP contribution in [0, 0.1) is 0 Å². The topological polar surface area (TPSA) is 77.1 Å². The molecule has 1 aromatic heterocycles. The van der Waals surface area contributed by atoms with Gasteiger partial charge in [0, 0.05) is 86.7 Å². The minimum atomic E-state index is -3.64. The van der Waals surface area contributed by atoms with E-state index in [9.17, 15) is 13.2 Å². The summed E-state index contributed by atoms with van der Waals surface area (Å²) in [6, 6.07) is 17.8. The average Bonchev–Trinajstić information content (AvgIpc) is 2.93. The fourth-order valence-electron chi connectivity index (χ4n) is 4.68. The lowest BCUT2D eigenvalue weighted by Gasteiger charge is -2.36. The van der Waals surface area contributed by atoms with Crippen molar-refractivity contribution in [1.82, 2.24) is 14.2 Å². The fraction of sp³-hybridized carbons (Fsp3) is 0.308. The second-order valence-electron chi connectivity index (χ2n) is 8.88. The van der Waals surface area contributed by atoms with E-state index in [0.29, 0.717) is 49.9 Å². The van der Waals surface area contributed by atoms with Gasteiger partial charge in [-0.15, -0.1) is 0 Å². The molecule has 0 radical (unpaired) electrons. The number of pyridine rings is 1. The van der Waals surface area contributed by atoms with Crippen LogP contribution in [-0.4, -0.2) is 80.9 Å². The van der Waals surface area contributed by atoms with Crippen molar-refractivity contribution in [2.45, 2.75) is 4.90 Å². The third kappa shape index (κ3) is 5.18. The largest absolute Gasteiger partial charge is 0.369 e. The van der Waals surface area contributed by atoms with E-state index in [4.69, 9.17) is 11.6 Å². The first kappa shape index (κ1) is 24.5. The summed E-state index contributed by atoms with van der Waals surface area (Å²) in [7, 11) is -3.64. The van der Waals surface area contributed by atoms with Gasteiger partial charge in [-0.05, 0) is 54.6 Å². The van der Waals surface area contributed by atoms with Crippen LogP contribution in [0.25, 0.3) is 0 Å². The number of nitrogens with zero attached hydrogens (tertiary/aromatic N) is 5. The highest BCUT2D eigenvalue weighted by Crippen LogP contribution is 2.24. The second kappa shape index (κ2) is 10.5. The standard InChI is InChI=1S/C26H28ClN5O3S/c27-22-2-1-3-24(20-22)30-16-18-32(19-17-30)36(34,35)25-6-4-21(5-7-25)26(33)31-14-12-29(13-15-31)23-8-10-28-11-9-23/h1-11,20H,12-19H2. The number of carbonyl (C=O) groups excluding carboxylic acids is 1. The molecule has 0 spiro atoms. The van der Waals surface area contributed by atoms with E-state index in [1.807, 2.05) is 41.3 Å². The van der Waals surface area contributed by atoms with Gasteiger partial charge in [-0.3, -0.25) is 9.78 Å². The fourth-order valence-corrected chi connectivity index (χ4v) is 6.29. The average molecular weight is 526 g/mol. The molecule has 0 saturated carbocycles. The lowest BCUT2D eigenvalue weighted by Crippen LogP contribution is -2.49. The Balaban J connectivity index is 1.19. The normalized spacial score (nSPS) is 17.3. The zero-order chi connectivity index (χ0) is 25.1. The number of rotatable bonds is 5. The Morgan fingerprint density at radius 3 is 2.00 bits per heavy atom. The number of piperazine rings is 2. The molecule has 2 fully saturated rings. The Labute approximate surface area is 216 Å². The summed E-state index contributed by atoms with van der Waals surface area (Å²) in [4.78, 5) is 23.5. The molecule has 36 heavy (non-hydrogen) atoms. The van der Waals surface area contributed by atoms with Crippen LogP contribution in [0.3, 0.4) is 0 Å². The summed E-state index contributed by atoms with van der Waals surface area (Å²) >= 11 is 6.10. The lowest BCUT2D eigenvalue weighted by molar-refractivity contribution is 0.0746. The highest BCUT2D eigenvalue weighted by molar-refractivity contribution is 7.89. The Morgan fingerprint density at radius 1 is 0.750 bits per heavy atom. The van der Waals surface area contributed by atoms with Gasteiger partial charge < -0.3 is 14.7 Å². The molecule has 2 aromatic carbocycles. The van der Waals surface area contributed by atoms with Crippen LogP contribution in [0.4, 0.5) is 11.4 Å². The molecule has 188 valence electrons. The molecule has 3 heterocycles. The van der Waals surface area contributed by atoms with Crippen LogP contribution in [0.15, 0.2) is 78.0 Å². The molecule has 2 saturated heterocycles. The minimum Gasteiger partial charge on any atom is -0.369 e. The maximum Gasteiger partial charge on any atom is 0.253 e. The van der Waals surface area contributed by atoms with Gasteiger partial charge in [0.25, 0.3) is 5.91 Å². The van der Waals surface area contributed by atoms with Crippen LogP contribution >= 0.6 is 11.6 Å². The van der Waals surface area contributed by atoms with Crippen molar-refractivity contribution in [3.63, 3.8) is 0 Å². The maximum atomic E-state index is 13.2. The van der Waals surface area contributed by atoms with Gasteiger partial charge in [-0.2, -0.15) is 4.31 Å². The Morgan fingerprint density at radius 2 is 1.36 bits per heavy atom. The van der Waals surface area contributed by atoms with Crippen molar-refractivity contribution < 1.29 is 13.2 Å². The molecule has 2 aliphatic heterocycles. The maximum absolute atomic E-state index is 13.2. The first-order valence-corrected chi connectivity index (χ1v) is 13.8. The van der Waals surface area contributed by atoms with E-state index in [0.717, 1.165) is 24.5 Å². The number of benzene rings is 2. The molecule has 0 aliphatic carbocycles. The van der Waals surface area contributed by atoms with Crippen molar-refractivity contribution in [3.05, 3.63) is 83.6 Å². The van der Waals surface area contributed by atoms with Crippen LogP contribution < -0.4 is 9.80 Å². The molecule has 5 rings (SSSR count). The van der Waals surface area contributed by atoms with E-state index >= 15 is 0 Å². The summed E-state index contributed by atoms with van der Waals surface area (Å²) in [6.45, 7) is 4.64. The van der Waals surface area contributed by atoms with Gasteiger partial charge >= 0.3 is 0 Å². The Hall–Kier alpha value is -3.14. The molecule has 0 unspecified atom stereocenters. The summed E-state index contributed by atoms with van der Waals surface area (Å²) in [5.74, 6) is -0.0801. The predicted octanol–water partition coefficient (Wildman–Crippen LogP) is 3.21. The summed E-state index contributed by atoms with van der Waals surface area (Å²) in [5, 5.41) is 0.660. The van der Waals surface area contributed by atoms with Crippen LogP contribution in [0.2, 0.25) is 5.02 Å². The number of sulfonamides is 1. The zero-order valence-electron chi connectivity index (χ0n) is 19.8. The van der Waals surface area contributed by atoms with Gasteiger partial charge in [0.2, 0.25) is 10.0 Å². The van der Waals surface area contributed by atoms with E-state index in [-0.39, 0.29) is 10.8 Å².